The molecule has 1 unspecified atom stereocenters. The molecule has 2 rings (SSSR count). The van der Waals surface area contributed by atoms with Crippen LogP contribution in [0.25, 0.3) is 0 Å². The maximum Gasteiger partial charge on any atom is 0.0319 e. The van der Waals surface area contributed by atoms with Crippen LogP contribution in [-0.4, -0.2) is 36.6 Å². The van der Waals surface area contributed by atoms with Crippen LogP contribution in [0.3, 0.4) is 0 Å². The van der Waals surface area contributed by atoms with E-state index in [4.69, 9.17) is 15.3 Å². The van der Waals surface area contributed by atoms with Crippen molar-refractivity contribution in [3.8, 4) is 0 Å². The summed E-state index contributed by atoms with van der Waals surface area (Å²) in [6.07, 6.45) is 10.3. The van der Waals surface area contributed by atoms with E-state index in [0.29, 0.717) is 0 Å². The zero-order valence-electron chi connectivity index (χ0n) is 15.2. The van der Waals surface area contributed by atoms with Crippen LogP contribution in [0.4, 0.5) is 0 Å². The largest absolute Gasteiger partial charge is 0.400 e. The van der Waals surface area contributed by atoms with E-state index in [1.807, 2.05) is 0 Å². The Bertz CT molecular complexity index is 310. The molecule has 0 fully saturated rings. The molecule has 2 aliphatic rings. The maximum atomic E-state index is 7.00. The SMILES string of the molecule is CCC1=C(CC)C(CC)C2=C1[CH-]CCC2.CO.CO.CO.[Ti]. The molecule has 0 saturated heterocycles. The van der Waals surface area contributed by atoms with Gasteiger partial charge in [-0.15, -0.1) is 5.57 Å². The molecule has 0 aliphatic heterocycles. The van der Waals surface area contributed by atoms with Gasteiger partial charge in [-0.2, -0.15) is 23.1 Å². The molecule has 1 atom stereocenters. The molecule has 0 saturated carbocycles. The van der Waals surface area contributed by atoms with Crippen molar-refractivity contribution in [2.45, 2.75) is 59.3 Å². The van der Waals surface area contributed by atoms with Gasteiger partial charge in [-0.05, 0) is 6.42 Å². The summed E-state index contributed by atoms with van der Waals surface area (Å²) in [5.74, 6) is 0.802. The van der Waals surface area contributed by atoms with E-state index in [9.17, 15) is 0 Å². The molecule has 22 heavy (non-hydrogen) atoms. The Morgan fingerprint density at radius 3 is 1.91 bits per heavy atom. The van der Waals surface area contributed by atoms with Gasteiger partial charge in [0.15, 0.2) is 0 Å². The monoisotopic (exact) mass is 347 g/mol. The van der Waals surface area contributed by atoms with Gasteiger partial charge in [-0.25, -0.2) is 0 Å². The Morgan fingerprint density at radius 1 is 0.955 bits per heavy atom. The minimum atomic E-state index is 0. The molecule has 0 bridgehead atoms. The van der Waals surface area contributed by atoms with E-state index in [1.54, 1.807) is 22.3 Å². The van der Waals surface area contributed by atoms with Gasteiger partial charge >= 0.3 is 0 Å². The van der Waals surface area contributed by atoms with Crippen molar-refractivity contribution in [1.82, 2.24) is 0 Å². The van der Waals surface area contributed by atoms with Crippen LogP contribution in [0, 0.1) is 12.3 Å². The topological polar surface area (TPSA) is 60.7 Å². The molecule has 3 nitrogen and oxygen atoms in total. The average Bonchev–Trinajstić information content (AvgIpc) is 2.92. The third-order valence-corrected chi connectivity index (χ3v) is 4.04. The zero-order valence-corrected chi connectivity index (χ0v) is 16.8. The van der Waals surface area contributed by atoms with Crippen molar-refractivity contribution in [1.29, 1.82) is 0 Å². The molecule has 130 valence electrons. The number of allylic oxidation sites excluding steroid dienone is 4. The summed E-state index contributed by atoms with van der Waals surface area (Å²) in [7, 11) is 3.00. The third kappa shape index (κ3) is 6.59. The third-order valence-electron chi connectivity index (χ3n) is 4.04. The van der Waals surface area contributed by atoms with E-state index in [-0.39, 0.29) is 21.7 Å². The molecule has 3 N–H and O–H groups in total. The Balaban J connectivity index is -0.000000463. The molecule has 0 aromatic carbocycles. The second-order valence-corrected chi connectivity index (χ2v) is 4.71. The predicted molar refractivity (Wildman–Crippen MR) is 91.0 cm³/mol. The average molecular weight is 347 g/mol. The summed E-state index contributed by atoms with van der Waals surface area (Å²) in [6.45, 7) is 6.99. The quantitative estimate of drug-likeness (QED) is 0.539. The summed E-state index contributed by atoms with van der Waals surface area (Å²) in [5.41, 5.74) is 6.88. The van der Waals surface area contributed by atoms with Gasteiger partial charge in [0.1, 0.15) is 0 Å². The Labute approximate surface area is 152 Å². The fourth-order valence-electron chi connectivity index (χ4n) is 3.45. The summed E-state index contributed by atoms with van der Waals surface area (Å²) in [4.78, 5) is 0. The molecule has 0 spiro atoms. The number of hydrogen-bond donors (Lipinski definition) is 3. The molecular weight excluding hydrogens is 312 g/mol. The van der Waals surface area contributed by atoms with Crippen LogP contribution < -0.4 is 0 Å². The molecule has 2 aliphatic carbocycles. The zero-order chi connectivity index (χ0) is 16.8. The van der Waals surface area contributed by atoms with Crippen molar-refractivity contribution in [3.63, 3.8) is 0 Å². The van der Waals surface area contributed by atoms with Crippen molar-refractivity contribution in [3.05, 3.63) is 28.7 Å². The molecule has 0 heterocycles. The van der Waals surface area contributed by atoms with Gasteiger partial charge in [0.05, 0.1) is 0 Å². The first-order chi connectivity index (χ1) is 10.3. The predicted octanol–water partition coefficient (Wildman–Crippen LogP) is 3.65. The molecule has 0 aromatic heterocycles. The molecule has 0 radical (unpaired) electrons. The summed E-state index contributed by atoms with van der Waals surface area (Å²) < 4.78 is 0. The summed E-state index contributed by atoms with van der Waals surface area (Å²) >= 11 is 0. The number of rotatable bonds is 3. The van der Waals surface area contributed by atoms with Gasteiger partial charge < -0.3 is 15.3 Å². The summed E-state index contributed by atoms with van der Waals surface area (Å²) in [5, 5.41) is 21.0. The number of hydrogen-bond acceptors (Lipinski definition) is 3. The van der Waals surface area contributed by atoms with Gasteiger partial charge in [0, 0.05) is 43.0 Å². The molecule has 0 aromatic rings. The maximum absolute atomic E-state index is 7.00. The second-order valence-electron chi connectivity index (χ2n) is 4.71. The normalized spacial score (nSPS) is 18.3. The fraction of sp³-hybridized carbons (Fsp3) is 0.722. The number of aliphatic hydroxyl groups excluding tert-OH is 3. The van der Waals surface area contributed by atoms with E-state index < -0.39 is 0 Å². The van der Waals surface area contributed by atoms with Crippen LogP contribution in [0.1, 0.15) is 59.3 Å². The standard InChI is InChI=1S/C15H23.3CH4O.Ti/c1-4-11-12(5-2)14-9-7-8-10-15(14)13(11)6-3;3*1-2;/h9,13H,4-8,10H2,1-3H3;3*2H,1H3;/q-1;;;;. The molecule has 0 amide bonds. The van der Waals surface area contributed by atoms with E-state index in [1.165, 1.54) is 38.5 Å². The van der Waals surface area contributed by atoms with Crippen LogP contribution >= 0.6 is 0 Å². The van der Waals surface area contributed by atoms with Gasteiger partial charge in [-0.3, -0.25) is 0 Å². The second kappa shape index (κ2) is 17.3. The Morgan fingerprint density at radius 2 is 1.50 bits per heavy atom. The number of aliphatic hydroxyl groups is 3. The van der Waals surface area contributed by atoms with E-state index in [2.05, 4.69) is 27.2 Å². The first-order valence-electron chi connectivity index (χ1n) is 7.96. The molecular formula is C18H35O3Ti-. The summed E-state index contributed by atoms with van der Waals surface area (Å²) in [6, 6.07) is 0. The van der Waals surface area contributed by atoms with Crippen molar-refractivity contribution < 1.29 is 37.0 Å². The molecule has 4 heteroatoms. The van der Waals surface area contributed by atoms with Gasteiger partial charge in [0.2, 0.25) is 0 Å². The van der Waals surface area contributed by atoms with Crippen molar-refractivity contribution in [2.75, 3.05) is 21.3 Å². The van der Waals surface area contributed by atoms with Crippen molar-refractivity contribution >= 4 is 0 Å². The first kappa shape index (κ1) is 26.8. The van der Waals surface area contributed by atoms with E-state index in [0.717, 1.165) is 27.2 Å². The smallest absolute Gasteiger partial charge is 0.0319 e. The van der Waals surface area contributed by atoms with Crippen LogP contribution in [0.2, 0.25) is 0 Å². The van der Waals surface area contributed by atoms with Crippen molar-refractivity contribution in [2.24, 2.45) is 5.92 Å². The minimum Gasteiger partial charge on any atom is -0.400 e. The van der Waals surface area contributed by atoms with Crippen LogP contribution in [-0.2, 0) is 21.7 Å². The Hall–Kier alpha value is -0.0557. The fourth-order valence-corrected chi connectivity index (χ4v) is 3.45. The van der Waals surface area contributed by atoms with Crippen LogP contribution in [0.15, 0.2) is 22.3 Å². The van der Waals surface area contributed by atoms with Crippen LogP contribution in [0.5, 0.6) is 0 Å². The minimum absolute atomic E-state index is 0. The Kier molecular flexibility index (Phi) is 21.1. The van der Waals surface area contributed by atoms with Gasteiger partial charge in [-0.1, -0.05) is 58.8 Å². The van der Waals surface area contributed by atoms with Gasteiger partial charge in [0.25, 0.3) is 0 Å². The van der Waals surface area contributed by atoms with E-state index >= 15 is 0 Å². The first-order valence-corrected chi connectivity index (χ1v) is 7.96.